The summed E-state index contributed by atoms with van der Waals surface area (Å²) in [5.74, 6) is 1.50. The number of anilines is 1. The molecule has 0 spiro atoms. The number of thioether (sulfide) groups is 1. The monoisotopic (exact) mass is 362 g/mol. The lowest BCUT2D eigenvalue weighted by Gasteiger charge is -2.34. The van der Waals surface area contributed by atoms with Crippen molar-refractivity contribution in [3.63, 3.8) is 0 Å². The van der Waals surface area contributed by atoms with Crippen LogP contribution in [-0.2, 0) is 15.3 Å². The minimum atomic E-state index is -0.684. The molecule has 2 amide bonds. The van der Waals surface area contributed by atoms with Gasteiger partial charge < -0.3 is 15.0 Å². The number of benzene rings is 1. The topological polar surface area (TPSA) is 58.6 Å². The molecule has 0 saturated carbocycles. The molecule has 7 heteroatoms. The van der Waals surface area contributed by atoms with Gasteiger partial charge in [-0.2, -0.15) is 0 Å². The van der Waals surface area contributed by atoms with E-state index in [2.05, 4.69) is 11.4 Å². The van der Waals surface area contributed by atoms with E-state index in [-0.39, 0.29) is 18.4 Å². The smallest absolute Gasteiger partial charge is 0.262 e. The lowest BCUT2D eigenvalue weighted by molar-refractivity contribution is -0.127. The van der Waals surface area contributed by atoms with E-state index in [1.54, 1.807) is 41.1 Å². The lowest BCUT2D eigenvalue weighted by Crippen LogP contribution is -2.50. The maximum Gasteiger partial charge on any atom is 0.262 e. The number of para-hydroxylation sites is 2. The van der Waals surface area contributed by atoms with Crippen LogP contribution in [0.5, 0.6) is 5.75 Å². The van der Waals surface area contributed by atoms with E-state index in [4.69, 9.17) is 4.74 Å². The molecular weight excluding hydrogens is 344 g/mol. The molecular formula is C17H18N2O3S2. The maximum absolute atomic E-state index is 12.7. The molecule has 0 aliphatic carbocycles. The third kappa shape index (κ3) is 3.73. The van der Waals surface area contributed by atoms with Crippen LogP contribution in [0.4, 0.5) is 5.69 Å². The van der Waals surface area contributed by atoms with E-state index < -0.39 is 6.10 Å². The van der Waals surface area contributed by atoms with Crippen molar-refractivity contribution < 1.29 is 14.3 Å². The molecule has 3 rings (SSSR count). The normalized spacial score (nSPS) is 16.2. The van der Waals surface area contributed by atoms with Gasteiger partial charge in [-0.05, 0) is 23.6 Å². The van der Waals surface area contributed by atoms with Crippen molar-refractivity contribution >= 4 is 40.6 Å². The fourth-order valence-electron chi connectivity index (χ4n) is 2.48. The number of nitrogens with one attached hydrogen (secondary N) is 1. The van der Waals surface area contributed by atoms with Crippen LogP contribution in [0.3, 0.4) is 0 Å². The second-order valence-electron chi connectivity index (χ2n) is 5.26. The molecule has 1 aliphatic heterocycles. The number of nitrogens with zero attached hydrogens (tertiary/aromatic N) is 1. The number of carbonyl (C=O) groups excluding carboxylic acids is 2. The molecule has 1 aliphatic rings. The van der Waals surface area contributed by atoms with Gasteiger partial charge in [-0.15, -0.1) is 23.1 Å². The van der Waals surface area contributed by atoms with E-state index in [0.717, 1.165) is 11.4 Å². The van der Waals surface area contributed by atoms with Crippen molar-refractivity contribution in [2.75, 3.05) is 24.2 Å². The Balaban J connectivity index is 1.70. The highest BCUT2D eigenvalue weighted by Crippen LogP contribution is 2.33. The summed E-state index contributed by atoms with van der Waals surface area (Å²) in [6.07, 6.45) is -0.684. The number of amides is 2. The van der Waals surface area contributed by atoms with Crippen molar-refractivity contribution in [3.8, 4) is 5.75 Å². The molecule has 24 heavy (non-hydrogen) atoms. The highest BCUT2D eigenvalue weighted by molar-refractivity contribution is 7.99. The van der Waals surface area contributed by atoms with Gasteiger partial charge in [0.1, 0.15) is 5.75 Å². The van der Waals surface area contributed by atoms with Crippen LogP contribution in [-0.4, -0.2) is 37.3 Å². The Hall–Kier alpha value is -1.99. The van der Waals surface area contributed by atoms with E-state index in [1.165, 1.54) is 4.88 Å². The maximum atomic E-state index is 12.7. The molecule has 0 fully saturated rings. The van der Waals surface area contributed by atoms with Gasteiger partial charge in [0, 0.05) is 17.7 Å². The van der Waals surface area contributed by atoms with Gasteiger partial charge >= 0.3 is 0 Å². The number of likely N-dealkylation sites (N-methyl/N-ethyl adjacent to an activating group) is 1. The van der Waals surface area contributed by atoms with Crippen molar-refractivity contribution in [2.45, 2.75) is 11.9 Å². The molecule has 1 N–H and O–H groups in total. The Morgan fingerprint density at radius 2 is 2.17 bits per heavy atom. The van der Waals surface area contributed by atoms with Crippen LogP contribution in [0.25, 0.3) is 0 Å². The zero-order chi connectivity index (χ0) is 16.9. The number of carbonyl (C=O) groups is 2. The van der Waals surface area contributed by atoms with Gasteiger partial charge in [0.05, 0.1) is 18.0 Å². The van der Waals surface area contributed by atoms with Crippen molar-refractivity contribution in [1.29, 1.82) is 0 Å². The SMILES string of the molecule is CNC(=O)[C@@H]1CN(C(=O)CSCc2cccs2)c2ccccc2O1. The van der Waals surface area contributed by atoms with Gasteiger partial charge in [0.2, 0.25) is 5.91 Å². The average Bonchev–Trinajstić information content (AvgIpc) is 3.13. The number of rotatable bonds is 5. The fraction of sp³-hybridized carbons (Fsp3) is 0.294. The highest BCUT2D eigenvalue weighted by atomic mass is 32.2. The minimum Gasteiger partial charge on any atom is -0.477 e. The van der Waals surface area contributed by atoms with Crippen LogP contribution in [0, 0.1) is 0 Å². The van der Waals surface area contributed by atoms with Gasteiger partial charge in [-0.3, -0.25) is 9.59 Å². The molecule has 5 nitrogen and oxygen atoms in total. The predicted octanol–water partition coefficient (Wildman–Crippen LogP) is 2.52. The van der Waals surface area contributed by atoms with Gasteiger partial charge in [0.25, 0.3) is 5.91 Å². The van der Waals surface area contributed by atoms with E-state index in [9.17, 15) is 9.59 Å². The predicted molar refractivity (Wildman–Crippen MR) is 97.8 cm³/mol. The second kappa shape index (κ2) is 7.72. The van der Waals surface area contributed by atoms with Crippen LogP contribution in [0.1, 0.15) is 4.88 Å². The number of hydrogen-bond donors (Lipinski definition) is 1. The minimum absolute atomic E-state index is 0.0128. The quantitative estimate of drug-likeness (QED) is 0.888. The zero-order valence-corrected chi connectivity index (χ0v) is 14.9. The molecule has 1 aromatic carbocycles. The number of hydrogen-bond acceptors (Lipinski definition) is 5. The van der Waals surface area contributed by atoms with Gasteiger partial charge in [-0.1, -0.05) is 18.2 Å². The first kappa shape index (κ1) is 16.9. The molecule has 0 bridgehead atoms. The van der Waals surface area contributed by atoms with Gasteiger partial charge in [-0.25, -0.2) is 0 Å². The zero-order valence-electron chi connectivity index (χ0n) is 13.2. The first-order valence-corrected chi connectivity index (χ1v) is 9.60. The van der Waals surface area contributed by atoms with Crippen LogP contribution in [0.2, 0.25) is 0 Å². The summed E-state index contributed by atoms with van der Waals surface area (Å²) in [6.45, 7) is 0.231. The molecule has 1 aromatic heterocycles. The number of ether oxygens (including phenoxy) is 1. The number of thiophene rings is 1. The van der Waals surface area contributed by atoms with Gasteiger partial charge in [0.15, 0.2) is 6.10 Å². The average molecular weight is 362 g/mol. The first-order chi connectivity index (χ1) is 11.7. The summed E-state index contributed by atoms with van der Waals surface area (Å²) < 4.78 is 5.72. The number of fused-ring (bicyclic) bond motifs is 1. The molecule has 2 heterocycles. The lowest BCUT2D eigenvalue weighted by atomic mass is 10.2. The second-order valence-corrected chi connectivity index (χ2v) is 7.28. The molecule has 2 aromatic rings. The summed E-state index contributed by atoms with van der Waals surface area (Å²) in [7, 11) is 1.56. The van der Waals surface area contributed by atoms with Crippen LogP contribution < -0.4 is 15.0 Å². The van der Waals surface area contributed by atoms with Crippen molar-refractivity contribution in [1.82, 2.24) is 5.32 Å². The summed E-state index contributed by atoms with van der Waals surface area (Å²) in [4.78, 5) is 27.5. The molecule has 0 radical (unpaired) electrons. The molecule has 1 atom stereocenters. The molecule has 0 unspecified atom stereocenters. The third-order valence-electron chi connectivity index (χ3n) is 3.66. The van der Waals surface area contributed by atoms with E-state index >= 15 is 0 Å². The Bertz CT molecular complexity index is 718. The summed E-state index contributed by atoms with van der Waals surface area (Å²) in [5, 5.41) is 4.61. The Morgan fingerprint density at radius 3 is 2.92 bits per heavy atom. The van der Waals surface area contributed by atoms with Crippen LogP contribution >= 0.6 is 23.1 Å². The largest absolute Gasteiger partial charge is 0.477 e. The third-order valence-corrected chi connectivity index (χ3v) is 5.69. The fourth-order valence-corrected chi connectivity index (χ4v) is 4.22. The molecule has 126 valence electrons. The Morgan fingerprint density at radius 1 is 1.33 bits per heavy atom. The summed E-state index contributed by atoms with van der Waals surface area (Å²) in [6, 6.07) is 11.4. The Kier molecular flexibility index (Phi) is 5.42. The first-order valence-electron chi connectivity index (χ1n) is 7.57. The van der Waals surface area contributed by atoms with Crippen molar-refractivity contribution in [3.05, 3.63) is 46.7 Å². The van der Waals surface area contributed by atoms with Crippen LogP contribution in [0.15, 0.2) is 41.8 Å². The van der Waals surface area contributed by atoms with E-state index in [1.807, 2.05) is 29.6 Å². The standard InChI is InChI=1S/C17H18N2O3S2/c1-18-17(21)15-9-19(13-6-2-3-7-14(13)22-15)16(20)11-23-10-12-5-4-8-24-12/h2-8,15H,9-11H2,1H3,(H,18,21)/t15-/m0/s1. The highest BCUT2D eigenvalue weighted by Gasteiger charge is 2.33. The van der Waals surface area contributed by atoms with Crippen molar-refractivity contribution in [2.24, 2.45) is 0 Å². The Labute approximate surface area is 149 Å². The summed E-state index contributed by atoms with van der Waals surface area (Å²) in [5.41, 5.74) is 0.722. The molecule has 0 saturated heterocycles. The van der Waals surface area contributed by atoms with E-state index in [0.29, 0.717) is 11.5 Å². The summed E-state index contributed by atoms with van der Waals surface area (Å²) >= 11 is 3.27.